The third-order valence-corrected chi connectivity index (χ3v) is 1.53. The van der Waals surface area contributed by atoms with E-state index in [4.69, 9.17) is 26.5 Å². The maximum Gasteiger partial charge on any atom is 0.291 e. The third kappa shape index (κ3) is 5.16. The number of amidine groups is 1. The van der Waals surface area contributed by atoms with Gasteiger partial charge in [-0.15, -0.1) is 10.1 Å². The van der Waals surface area contributed by atoms with Gasteiger partial charge in [0.25, 0.3) is 5.09 Å². The highest BCUT2D eigenvalue weighted by Crippen LogP contribution is 2.02. The second kappa shape index (κ2) is 6.10. The summed E-state index contributed by atoms with van der Waals surface area (Å²) in [4.78, 5) is 27.5. The van der Waals surface area contributed by atoms with Crippen molar-refractivity contribution in [1.82, 2.24) is 9.97 Å². The van der Waals surface area contributed by atoms with Gasteiger partial charge in [-0.2, -0.15) is 0 Å². The lowest BCUT2D eigenvalue weighted by atomic mass is 10.2. The fraction of sp³-hybridized carbons (Fsp3) is 0.250. The van der Waals surface area contributed by atoms with Crippen LogP contribution < -0.4 is 5.73 Å². The zero-order valence-corrected chi connectivity index (χ0v) is 9.17. The summed E-state index contributed by atoms with van der Waals surface area (Å²) in [6, 6.07) is 0. The van der Waals surface area contributed by atoms with Crippen LogP contribution in [-0.4, -0.2) is 31.9 Å². The normalized spacial score (nSPS) is 8.82. The molecule has 0 radical (unpaired) electrons. The minimum atomic E-state index is -1.50. The number of aryl methyl sites for hydroxylation is 2. The summed E-state index contributed by atoms with van der Waals surface area (Å²) >= 11 is 0. The predicted molar refractivity (Wildman–Crippen MR) is 56.5 cm³/mol. The van der Waals surface area contributed by atoms with Crippen LogP contribution in [0.1, 0.15) is 21.9 Å². The first kappa shape index (κ1) is 14.4. The molecule has 0 aliphatic carbocycles. The molecule has 0 aliphatic rings. The second-order valence-corrected chi connectivity index (χ2v) is 2.93. The van der Waals surface area contributed by atoms with E-state index >= 15 is 0 Å². The van der Waals surface area contributed by atoms with E-state index in [-0.39, 0.29) is 5.69 Å². The van der Waals surface area contributed by atoms with E-state index in [1.807, 2.05) is 0 Å². The predicted octanol–water partition coefficient (Wildman–Crippen LogP) is -0.136. The van der Waals surface area contributed by atoms with Crippen LogP contribution in [0.15, 0.2) is 6.20 Å². The van der Waals surface area contributed by atoms with Gasteiger partial charge < -0.3 is 10.9 Å². The van der Waals surface area contributed by atoms with E-state index in [2.05, 4.69) is 9.97 Å². The van der Waals surface area contributed by atoms with Crippen molar-refractivity contribution in [3.05, 3.63) is 33.4 Å². The Morgan fingerprint density at radius 3 is 2.41 bits per heavy atom. The third-order valence-electron chi connectivity index (χ3n) is 1.53. The highest BCUT2D eigenvalue weighted by Gasteiger charge is 2.14. The number of aromatic nitrogens is 2. The van der Waals surface area contributed by atoms with Crippen molar-refractivity contribution in [2.45, 2.75) is 13.8 Å². The molecular weight excluding hydrogens is 230 g/mol. The molecule has 17 heavy (non-hydrogen) atoms. The average Bonchev–Trinajstić information content (AvgIpc) is 2.15. The van der Waals surface area contributed by atoms with Gasteiger partial charge in [-0.25, -0.2) is 4.98 Å². The molecule has 1 heterocycles. The first-order chi connectivity index (χ1) is 7.75. The number of nitrogens with zero attached hydrogens (tertiary/aromatic N) is 3. The minimum absolute atomic E-state index is 0.151. The molecule has 0 atom stereocenters. The number of carbonyl (C=O) groups excluding carboxylic acids is 1. The molecule has 0 aliphatic heterocycles. The summed E-state index contributed by atoms with van der Waals surface area (Å²) in [5, 5.41) is 20.6. The van der Waals surface area contributed by atoms with Gasteiger partial charge >= 0.3 is 0 Å². The summed E-state index contributed by atoms with van der Waals surface area (Å²) < 4.78 is 0. The highest BCUT2D eigenvalue weighted by atomic mass is 16.9. The number of nitrogens with one attached hydrogen (secondary N) is 1. The van der Waals surface area contributed by atoms with Crippen LogP contribution in [0.25, 0.3) is 0 Å². The lowest BCUT2D eigenvalue weighted by Gasteiger charge is -2.01. The van der Waals surface area contributed by atoms with Gasteiger partial charge in [0.1, 0.15) is 5.69 Å². The van der Waals surface area contributed by atoms with Crippen LogP contribution in [0.5, 0.6) is 0 Å². The van der Waals surface area contributed by atoms with Gasteiger partial charge in [-0.05, 0) is 13.8 Å². The molecule has 1 aromatic heterocycles. The van der Waals surface area contributed by atoms with E-state index in [0.717, 1.165) is 5.69 Å². The fourth-order valence-corrected chi connectivity index (χ4v) is 0.948. The molecule has 1 rings (SSSR count). The Balaban J connectivity index is 0.000000557. The Kier molecular flexibility index (Phi) is 5.18. The molecule has 0 fully saturated rings. The standard InChI is InChI=1S/C8H10N4O.HNO3/c1-4-3-11-6(5(2)12-4)7(13)8(9)10;2-1(3)4/h3H,1-2H3,(H3,9,10);(H,2,3,4). The van der Waals surface area contributed by atoms with Gasteiger partial charge in [0.2, 0.25) is 5.78 Å². The Labute approximate surface area is 95.9 Å². The molecule has 0 aromatic carbocycles. The molecule has 4 N–H and O–H groups in total. The SMILES string of the molecule is Cc1cnc(C(=O)C(=N)N)c(C)n1.O=[N+]([O-])O. The van der Waals surface area contributed by atoms with Crippen LogP contribution in [0, 0.1) is 29.4 Å². The summed E-state index contributed by atoms with van der Waals surface area (Å²) in [5.41, 5.74) is 6.43. The van der Waals surface area contributed by atoms with Crippen molar-refractivity contribution in [2.24, 2.45) is 5.73 Å². The minimum Gasteiger partial charge on any atom is -0.381 e. The van der Waals surface area contributed by atoms with Crippen molar-refractivity contribution in [3.8, 4) is 0 Å². The number of carbonyl (C=O) groups is 1. The molecule has 0 spiro atoms. The number of rotatable bonds is 2. The van der Waals surface area contributed by atoms with Gasteiger partial charge in [-0.1, -0.05) is 0 Å². The van der Waals surface area contributed by atoms with E-state index in [0.29, 0.717) is 5.69 Å². The molecule has 9 heteroatoms. The average molecular weight is 241 g/mol. The monoisotopic (exact) mass is 241 g/mol. The Bertz CT molecular complexity index is 455. The molecule has 1 aromatic rings. The quantitative estimate of drug-likeness (QED) is 0.214. The second-order valence-electron chi connectivity index (χ2n) is 2.93. The molecule has 0 saturated heterocycles. The van der Waals surface area contributed by atoms with Gasteiger partial charge in [-0.3, -0.25) is 15.2 Å². The van der Waals surface area contributed by atoms with Crippen LogP contribution in [0.3, 0.4) is 0 Å². The molecule has 92 valence electrons. The van der Waals surface area contributed by atoms with Gasteiger partial charge in [0, 0.05) is 6.20 Å². The Hall–Kier alpha value is -2.58. The van der Waals surface area contributed by atoms with E-state index in [1.165, 1.54) is 6.20 Å². The summed E-state index contributed by atoms with van der Waals surface area (Å²) in [6.07, 6.45) is 1.48. The number of nitrogens with two attached hydrogens (primary N) is 1. The molecule has 0 bridgehead atoms. The lowest BCUT2D eigenvalue weighted by Crippen LogP contribution is -2.24. The molecule has 9 nitrogen and oxygen atoms in total. The number of Topliss-reactive ketones (excluding diaryl/α,β-unsaturated/α-hetero) is 1. The van der Waals surface area contributed by atoms with Gasteiger partial charge in [0.05, 0.1) is 11.4 Å². The van der Waals surface area contributed by atoms with E-state index < -0.39 is 16.7 Å². The first-order valence-corrected chi connectivity index (χ1v) is 4.28. The van der Waals surface area contributed by atoms with Crippen LogP contribution in [0.2, 0.25) is 0 Å². The van der Waals surface area contributed by atoms with Crippen molar-refractivity contribution in [3.63, 3.8) is 0 Å². The van der Waals surface area contributed by atoms with Crippen molar-refractivity contribution < 1.29 is 15.1 Å². The van der Waals surface area contributed by atoms with Crippen molar-refractivity contribution in [1.29, 1.82) is 5.41 Å². The zero-order valence-electron chi connectivity index (χ0n) is 9.17. The lowest BCUT2D eigenvalue weighted by molar-refractivity contribution is -0.742. The van der Waals surface area contributed by atoms with Crippen molar-refractivity contribution >= 4 is 11.6 Å². The molecule has 0 saturated carbocycles. The molecule has 0 amide bonds. The topological polar surface area (TPSA) is 156 Å². The highest BCUT2D eigenvalue weighted by molar-refractivity contribution is 6.43. The largest absolute Gasteiger partial charge is 0.381 e. The number of hydrogen-bond acceptors (Lipinski definition) is 6. The smallest absolute Gasteiger partial charge is 0.291 e. The van der Waals surface area contributed by atoms with Gasteiger partial charge in [0.15, 0.2) is 5.84 Å². The number of ketones is 1. The van der Waals surface area contributed by atoms with E-state index in [9.17, 15) is 4.79 Å². The summed E-state index contributed by atoms with van der Waals surface area (Å²) in [6.45, 7) is 3.44. The number of hydrogen-bond donors (Lipinski definition) is 3. The fourth-order valence-electron chi connectivity index (χ4n) is 0.948. The van der Waals surface area contributed by atoms with E-state index in [1.54, 1.807) is 13.8 Å². The van der Waals surface area contributed by atoms with Crippen LogP contribution in [0.4, 0.5) is 0 Å². The molecular formula is C8H11N5O4. The van der Waals surface area contributed by atoms with Crippen LogP contribution >= 0.6 is 0 Å². The molecule has 0 unspecified atom stereocenters. The van der Waals surface area contributed by atoms with Crippen molar-refractivity contribution in [2.75, 3.05) is 0 Å². The Morgan fingerprint density at radius 1 is 1.59 bits per heavy atom. The Morgan fingerprint density at radius 2 is 2.06 bits per heavy atom. The summed E-state index contributed by atoms with van der Waals surface area (Å²) in [7, 11) is 0. The summed E-state index contributed by atoms with van der Waals surface area (Å²) in [5.74, 6) is -1.09. The van der Waals surface area contributed by atoms with Crippen LogP contribution in [-0.2, 0) is 0 Å². The maximum absolute atomic E-state index is 11.2. The first-order valence-electron chi connectivity index (χ1n) is 4.28. The zero-order chi connectivity index (χ0) is 13.6. The maximum atomic E-state index is 11.2.